The highest BCUT2D eigenvalue weighted by Gasteiger charge is 2.31. The van der Waals surface area contributed by atoms with Crippen LogP contribution in [-0.2, 0) is 16.1 Å². The van der Waals surface area contributed by atoms with Gasteiger partial charge in [-0.1, -0.05) is 0 Å². The minimum Gasteiger partial charge on any atom is -0.507 e. The fraction of sp³-hybridized carbons (Fsp3) is 0.385. The van der Waals surface area contributed by atoms with Crippen molar-refractivity contribution in [2.75, 3.05) is 7.11 Å². The molecular formula is C13H14O5. The number of fused-ring (bicyclic) bond motifs is 1. The van der Waals surface area contributed by atoms with Gasteiger partial charge in [-0.05, 0) is 19.1 Å². The minimum absolute atomic E-state index is 0.00685. The number of aromatic hydroxyl groups is 1. The van der Waals surface area contributed by atoms with Crippen LogP contribution in [0.15, 0.2) is 12.1 Å². The maximum absolute atomic E-state index is 11.9. The highest BCUT2D eigenvalue weighted by molar-refractivity contribution is 6.03. The van der Waals surface area contributed by atoms with E-state index in [1.165, 1.54) is 26.2 Å². The maximum Gasteiger partial charge on any atom is 0.170 e. The van der Waals surface area contributed by atoms with Gasteiger partial charge in [-0.3, -0.25) is 9.59 Å². The van der Waals surface area contributed by atoms with Crippen LogP contribution in [0.2, 0.25) is 0 Å². The van der Waals surface area contributed by atoms with E-state index in [0.717, 1.165) is 0 Å². The van der Waals surface area contributed by atoms with Gasteiger partial charge in [0.1, 0.15) is 11.5 Å². The number of ether oxygens (including phenoxy) is 2. The Bertz CT molecular complexity index is 506. The van der Waals surface area contributed by atoms with Gasteiger partial charge in [-0.25, -0.2) is 0 Å². The first-order chi connectivity index (χ1) is 8.54. The number of Topliss-reactive ketones (excluding diaryl/α,β-unsaturated/α-hetero) is 2. The van der Waals surface area contributed by atoms with Crippen molar-refractivity contribution in [3.63, 3.8) is 0 Å². The van der Waals surface area contributed by atoms with Gasteiger partial charge in [-0.15, -0.1) is 0 Å². The van der Waals surface area contributed by atoms with Crippen LogP contribution in [0.1, 0.15) is 29.3 Å². The van der Waals surface area contributed by atoms with Crippen LogP contribution in [0.4, 0.5) is 0 Å². The summed E-state index contributed by atoms with van der Waals surface area (Å²) in [6.07, 6.45) is -0.734. The van der Waals surface area contributed by atoms with E-state index in [9.17, 15) is 14.7 Å². The molecule has 1 aliphatic rings. The summed E-state index contributed by atoms with van der Waals surface area (Å²) in [5, 5.41) is 9.75. The molecule has 0 radical (unpaired) electrons. The first-order valence-corrected chi connectivity index (χ1v) is 5.58. The molecule has 0 spiro atoms. The minimum atomic E-state index is -0.776. The lowest BCUT2D eigenvalue weighted by Crippen LogP contribution is -2.33. The Morgan fingerprint density at radius 2 is 2.28 bits per heavy atom. The van der Waals surface area contributed by atoms with Gasteiger partial charge < -0.3 is 14.6 Å². The number of hydrogen-bond donors (Lipinski definition) is 1. The molecule has 0 aromatic heterocycles. The Morgan fingerprint density at radius 1 is 1.56 bits per heavy atom. The standard InChI is InChI=1S/C13H14O5/c1-7(14)12-5-11(16)8-3-4-10(15)9(6-17-2)13(8)18-12/h3-4,12,15H,5-6H2,1-2H3. The summed E-state index contributed by atoms with van der Waals surface area (Å²) in [5.41, 5.74) is 0.784. The predicted octanol–water partition coefficient (Wildman–Crippen LogP) is 1.46. The van der Waals surface area contributed by atoms with Gasteiger partial charge in [-0.2, -0.15) is 0 Å². The molecule has 2 rings (SSSR count). The van der Waals surface area contributed by atoms with E-state index in [-0.39, 0.29) is 36.1 Å². The van der Waals surface area contributed by atoms with Gasteiger partial charge in [0.05, 0.1) is 24.2 Å². The summed E-state index contributed by atoms with van der Waals surface area (Å²) < 4.78 is 10.5. The van der Waals surface area contributed by atoms with Gasteiger partial charge in [0.15, 0.2) is 17.7 Å². The van der Waals surface area contributed by atoms with E-state index in [0.29, 0.717) is 11.1 Å². The largest absolute Gasteiger partial charge is 0.507 e. The lowest BCUT2D eigenvalue weighted by Gasteiger charge is -2.25. The number of ketones is 2. The highest BCUT2D eigenvalue weighted by Crippen LogP contribution is 2.37. The van der Waals surface area contributed by atoms with Crippen molar-refractivity contribution >= 4 is 11.6 Å². The fourth-order valence-electron chi connectivity index (χ4n) is 1.94. The molecule has 1 N–H and O–H groups in total. The van der Waals surface area contributed by atoms with E-state index >= 15 is 0 Å². The second-order valence-corrected chi connectivity index (χ2v) is 4.22. The fourth-order valence-corrected chi connectivity index (χ4v) is 1.94. The third-order valence-electron chi connectivity index (χ3n) is 2.91. The van der Waals surface area contributed by atoms with Crippen LogP contribution in [-0.4, -0.2) is 29.9 Å². The monoisotopic (exact) mass is 250 g/mol. The number of rotatable bonds is 3. The molecule has 1 aromatic carbocycles. The average Bonchev–Trinajstić information content (AvgIpc) is 2.32. The molecule has 96 valence electrons. The third-order valence-corrected chi connectivity index (χ3v) is 2.91. The topological polar surface area (TPSA) is 72.8 Å². The third kappa shape index (κ3) is 2.09. The molecule has 1 aliphatic heterocycles. The van der Waals surface area contributed by atoms with Crippen molar-refractivity contribution < 1.29 is 24.2 Å². The van der Waals surface area contributed by atoms with Gasteiger partial charge in [0.25, 0.3) is 0 Å². The number of benzene rings is 1. The molecule has 1 heterocycles. The van der Waals surface area contributed by atoms with Gasteiger partial charge >= 0.3 is 0 Å². The Morgan fingerprint density at radius 3 is 2.89 bits per heavy atom. The molecule has 1 aromatic rings. The molecule has 1 unspecified atom stereocenters. The second kappa shape index (κ2) is 4.78. The smallest absolute Gasteiger partial charge is 0.170 e. The number of carbonyl (C=O) groups excluding carboxylic acids is 2. The van der Waals surface area contributed by atoms with Crippen molar-refractivity contribution in [2.24, 2.45) is 0 Å². The average molecular weight is 250 g/mol. The van der Waals surface area contributed by atoms with Crippen LogP contribution >= 0.6 is 0 Å². The Labute approximate surface area is 104 Å². The Hall–Kier alpha value is -1.88. The molecule has 5 heteroatoms. The lowest BCUT2D eigenvalue weighted by molar-refractivity contribution is -0.123. The first-order valence-electron chi connectivity index (χ1n) is 5.58. The molecular weight excluding hydrogens is 236 g/mol. The van der Waals surface area contributed by atoms with Crippen LogP contribution in [0, 0.1) is 0 Å². The van der Waals surface area contributed by atoms with Gasteiger partial charge in [0.2, 0.25) is 0 Å². The number of phenolic OH excluding ortho intramolecular Hbond substituents is 1. The summed E-state index contributed by atoms with van der Waals surface area (Å²) in [6.45, 7) is 1.49. The summed E-state index contributed by atoms with van der Waals surface area (Å²) >= 11 is 0. The zero-order chi connectivity index (χ0) is 13.3. The van der Waals surface area contributed by atoms with Crippen molar-refractivity contribution in [1.82, 2.24) is 0 Å². The number of carbonyl (C=O) groups is 2. The second-order valence-electron chi connectivity index (χ2n) is 4.22. The molecule has 0 amide bonds. The van der Waals surface area contributed by atoms with E-state index in [2.05, 4.69) is 0 Å². The Kier molecular flexibility index (Phi) is 3.34. The van der Waals surface area contributed by atoms with Crippen LogP contribution in [0.25, 0.3) is 0 Å². The maximum atomic E-state index is 11.9. The van der Waals surface area contributed by atoms with E-state index in [1.807, 2.05) is 0 Å². The zero-order valence-electron chi connectivity index (χ0n) is 10.2. The van der Waals surface area contributed by atoms with Crippen molar-refractivity contribution in [3.05, 3.63) is 23.3 Å². The van der Waals surface area contributed by atoms with Crippen LogP contribution in [0.3, 0.4) is 0 Å². The van der Waals surface area contributed by atoms with Crippen molar-refractivity contribution in [1.29, 1.82) is 0 Å². The summed E-state index contributed by atoms with van der Waals surface area (Å²) in [4.78, 5) is 23.3. The summed E-state index contributed by atoms with van der Waals surface area (Å²) in [5.74, 6) is -0.115. The normalized spacial score (nSPS) is 18.1. The molecule has 0 aliphatic carbocycles. The predicted molar refractivity (Wildman–Crippen MR) is 62.9 cm³/mol. The van der Waals surface area contributed by atoms with E-state index in [4.69, 9.17) is 9.47 Å². The first kappa shape index (κ1) is 12.6. The quantitative estimate of drug-likeness (QED) is 0.879. The van der Waals surface area contributed by atoms with Gasteiger partial charge in [0, 0.05) is 7.11 Å². The van der Waals surface area contributed by atoms with Crippen LogP contribution < -0.4 is 4.74 Å². The Balaban J connectivity index is 2.50. The molecule has 1 atom stereocenters. The molecule has 0 saturated carbocycles. The number of phenols is 1. The number of methoxy groups -OCH3 is 1. The van der Waals surface area contributed by atoms with E-state index < -0.39 is 6.10 Å². The molecule has 18 heavy (non-hydrogen) atoms. The summed E-state index contributed by atoms with van der Waals surface area (Å²) in [7, 11) is 1.48. The molecule has 0 bridgehead atoms. The van der Waals surface area contributed by atoms with Crippen molar-refractivity contribution in [2.45, 2.75) is 26.1 Å². The molecule has 0 fully saturated rings. The molecule has 0 saturated heterocycles. The zero-order valence-corrected chi connectivity index (χ0v) is 10.2. The lowest BCUT2D eigenvalue weighted by atomic mass is 9.96. The molecule has 5 nitrogen and oxygen atoms in total. The van der Waals surface area contributed by atoms with Crippen molar-refractivity contribution in [3.8, 4) is 11.5 Å². The van der Waals surface area contributed by atoms with E-state index in [1.54, 1.807) is 0 Å². The van der Waals surface area contributed by atoms with Crippen LogP contribution in [0.5, 0.6) is 11.5 Å². The highest BCUT2D eigenvalue weighted by atomic mass is 16.5. The number of hydrogen-bond acceptors (Lipinski definition) is 5. The SMILES string of the molecule is COCc1c(O)ccc2c1OC(C(C)=O)CC2=O. The summed E-state index contributed by atoms with van der Waals surface area (Å²) in [6, 6.07) is 2.94.